The van der Waals surface area contributed by atoms with E-state index in [4.69, 9.17) is 11.6 Å². The summed E-state index contributed by atoms with van der Waals surface area (Å²) in [6.07, 6.45) is 3.02. The van der Waals surface area contributed by atoms with E-state index in [1.54, 1.807) is 0 Å². The predicted molar refractivity (Wildman–Crippen MR) is 76.8 cm³/mol. The second-order valence-electron chi connectivity index (χ2n) is 5.95. The first-order valence-corrected chi connectivity index (χ1v) is 7.31. The van der Waals surface area contributed by atoms with Gasteiger partial charge in [0.15, 0.2) is 0 Å². The summed E-state index contributed by atoms with van der Waals surface area (Å²) >= 11 is 6.31. The summed E-state index contributed by atoms with van der Waals surface area (Å²) in [5.74, 6) is 1.83. The first-order chi connectivity index (χ1) is 8.50. The van der Waals surface area contributed by atoms with Crippen LogP contribution in [0.3, 0.4) is 0 Å². The van der Waals surface area contributed by atoms with Crippen molar-refractivity contribution in [3.63, 3.8) is 0 Å². The lowest BCUT2D eigenvalue weighted by molar-refractivity contribution is 0.0561. The van der Waals surface area contributed by atoms with Crippen molar-refractivity contribution >= 4 is 11.6 Å². The molecule has 0 spiro atoms. The van der Waals surface area contributed by atoms with Crippen molar-refractivity contribution in [2.45, 2.75) is 46.1 Å². The van der Waals surface area contributed by atoms with Gasteiger partial charge in [0, 0.05) is 5.02 Å². The zero-order valence-corrected chi connectivity index (χ0v) is 12.2. The van der Waals surface area contributed by atoms with E-state index < -0.39 is 6.10 Å². The number of hydrogen-bond donors (Lipinski definition) is 1. The molecule has 0 heterocycles. The molecule has 1 nitrogen and oxygen atoms in total. The quantitative estimate of drug-likeness (QED) is 0.819. The van der Waals surface area contributed by atoms with Crippen molar-refractivity contribution in [1.82, 2.24) is 0 Å². The second kappa shape index (κ2) is 5.63. The fourth-order valence-corrected chi connectivity index (χ4v) is 3.27. The molecule has 100 valence electrons. The van der Waals surface area contributed by atoms with Gasteiger partial charge in [-0.25, -0.2) is 0 Å². The van der Waals surface area contributed by atoms with Gasteiger partial charge in [-0.3, -0.25) is 0 Å². The first kappa shape index (κ1) is 13.9. The van der Waals surface area contributed by atoms with Gasteiger partial charge in [0.1, 0.15) is 0 Å². The van der Waals surface area contributed by atoms with Crippen LogP contribution in [0, 0.1) is 24.7 Å². The fourth-order valence-electron chi connectivity index (χ4n) is 3.03. The average molecular weight is 267 g/mol. The fraction of sp³-hybridized carbons (Fsp3) is 0.625. The maximum absolute atomic E-state index is 10.6. The Hall–Kier alpha value is -0.530. The molecular formula is C16H23ClO. The topological polar surface area (TPSA) is 20.2 Å². The highest BCUT2D eigenvalue weighted by Crippen LogP contribution is 2.41. The molecule has 2 rings (SSSR count). The van der Waals surface area contributed by atoms with Crippen molar-refractivity contribution < 1.29 is 5.11 Å². The molecular weight excluding hydrogens is 244 g/mol. The van der Waals surface area contributed by atoms with E-state index >= 15 is 0 Å². The van der Waals surface area contributed by atoms with E-state index in [-0.39, 0.29) is 0 Å². The number of aryl methyl sites for hydroxylation is 1. The van der Waals surface area contributed by atoms with E-state index in [1.165, 1.54) is 6.42 Å². The van der Waals surface area contributed by atoms with Crippen LogP contribution < -0.4 is 0 Å². The summed E-state index contributed by atoms with van der Waals surface area (Å²) in [5.41, 5.74) is 1.95. The average Bonchev–Trinajstić information content (AvgIpc) is 2.35. The zero-order chi connectivity index (χ0) is 13.3. The molecule has 0 aromatic heterocycles. The Morgan fingerprint density at radius 1 is 1.22 bits per heavy atom. The summed E-state index contributed by atoms with van der Waals surface area (Å²) in [5, 5.41) is 11.3. The Morgan fingerprint density at radius 3 is 2.61 bits per heavy atom. The molecule has 0 amide bonds. The molecule has 1 aromatic carbocycles. The Bertz CT molecular complexity index is 416. The third-order valence-corrected chi connectivity index (χ3v) is 5.14. The third kappa shape index (κ3) is 2.73. The Labute approximate surface area is 115 Å². The lowest BCUT2D eigenvalue weighted by Gasteiger charge is -2.35. The number of rotatable bonds is 2. The lowest BCUT2D eigenvalue weighted by Crippen LogP contribution is -2.25. The van der Waals surface area contributed by atoms with E-state index in [0.29, 0.717) is 11.8 Å². The van der Waals surface area contributed by atoms with Crippen LogP contribution in [0.2, 0.25) is 5.02 Å². The summed E-state index contributed by atoms with van der Waals surface area (Å²) in [6.45, 7) is 6.60. The van der Waals surface area contributed by atoms with Crippen LogP contribution in [0.4, 0.5) is 0 Å². The second-order valence-corrected chi connectivity index (χ2v) is 6.33. The van der Waals surface area contributed by atoms with Gasteiger partial charge in [-0.05, 0) is 48.6 Å². The number of halogens is 1. The van der Waals surface area contributed by atoms with E-state index in [0.717, 1.165) is 34.9 Å². The summed E-state index contributed by atoms with van der Waals surface area (Å²) in [4.78, 5) is 0. The Balaban J connectivity index is 2.16. The SMILES string of the molecule is Cc1cccc(C(O)C2CCC(C)C(C)C2)c1Cl. The van der Waals surface area contributed by atoms with E-state index in [9.17, 15) is 5.11 Å². The molecule has 0 radical (unpaired) electrons. The van der Waals surface area contributed by atoms with Crippen LogP contribution in [0.25, 0.3) is 0 Å². The van der Waals surface area contributed by atoms with Crippen LogP contribution in [-0.4, -0.2) is 5.11 Å². The minimum Gasteiger partial charge on any atom is -0.388 e. The molecule has 1 fully saturated rings. The van der Waals surface area contributed by atoms with Gasteiger partial charge in [0.05, 0.1) is 6.10 Å². The third-order valence-electron chi connectivity index (χ3n) is 4.63. The molecule has 1 aromatic rings. The number of benzene rings is 1. The van der Waals surface area contributed by atoms with Gasteiger partial charge in [-0.2, -0.15) is 0 Å². The van der Waals surface area contributed by atoms with Gasteiger partial charge in [-0.15, -0.1) is 0 Å². The highest BCUT2D eigenvalue weighted by molar-refractivity contribution is 6.32. The molecule has 1 aliphatic carbocycles. The summed E-state index contributed by atoms with van der Waals surface area (Å²) in [7, 11) is 0. The first-order valence-electron chi connectivity index (χ1n) is 6.93. The molecule has 1 saturated carbocycles. The van der Waals surface area contributed by atoms with Crippen molar-refractivity contribution in [2.24, 2.45) is 17.8 Å². The normalized spacial score (nSPS) is 30.2. The highest BCUT2D eigenvalue weighted by atomic mass is 35.5. The van der Waals surface area contributed by atoms with Crippen molar-refractivity contribution in [3.05, 3.63) is 34.3 Å². The molecule has 4 unspecified atom stereocenters. The summed E-state index contributed by atoms with van der Waals surface area (Å²) < 4.78 is 0. The molecule has 4 atom stereocenters. The van der Waals surface area contributed by atoms with Crippen LogP contribution in [0.5, 0.6) is 0 Å². The van der Waals surface area contributed by atoms with Crippen molar-refractivity contribution in [3.8, 4) is 0 Å². The molecule has 1 aliphatic rings. The maximum Gasteiger partial charge on any atom is 0.0832 e. The Kier molecular flexibility index (Phi) is 4.34. The van der Waals surface area contributed by atoms with Crippen LogP contribution in [0.15, 0.2) is 18.2 Å². The number of aliphatic hydroxyl groups excluding tert-OH is 1. The zero-order valence-electron chi connectivity index (χ0n) is 11.5. The highest BCUT2D eigenvalue weighted by Gasteiger charge is 2.30. The minimum atomic E-state index is -0.410. The number of hydrogen-bond acceptors (Lipinski definition) is 1. The molecule has 1 N–H and O–H groups in total. The van der Waals surface area contributed by atoms with Gasteiger partial charge >= 0.3 is 0 Å². The van der Waals surface area contributed by atoms with Crippen molar-refractivity contribution in [2.75, 3.05) is 0 Å². The van der Waals surface area contributed by atoms with Crippen molar-refractivity contribution in [1.29, 1.82) is 0 Å². The van der Waals surface area contributed by atoms with Gasteiger partial charge in [0.2, 0.25) is 0 Å². The molecule has 0 bridgehead atoms. The van der Waals surface area contributed by atoms with Crippen LogP contribution in [0.1, 0.15) is 50.3 Å². The molecule has 0 aliphatic heterocycles. The van der Waals surface area contributed by atoms with Gasteiger partial charge < -0.3 is 5.11 Å². The van der Waals surface area contributed by atoms with E-state index in [2.05, 4.69) is 13.8 Å². The van der Waals surface area contributed by atoms with Crippen LogP contribution in [-0.2, 0) is 0 Å². The largest absolute Gasteiger partial charge is 0.388 e. The molecule has 18 heavy (non-hydrogen) atoms. The monoisotopic (exact) mass is 266 g/mol. The Morgan fingerprint density at radius 2 is 1.94 bits per heavy atom. The molecule has 0 saturated heterocycles. The standard InChI is InChI=1S/C16H23ClO/c1-10-7-8-13(9-12(10)3)16(18)14-6-4-5-11(2)15(14)17/h4-6,10,12-13,16,18H,7-9H2,1-3H3. The number of aliphatic hydroxyl groups is 1. The minimum absolute atomic E-state index is 0.357. The maximum atomic E-state index is 10.6. The lowest BCUT2D eigenvalue weighted by atomic mass is 9.73. The summed E-state index contributed by atoms with van der Waals surface area (Å²) in [6, 6.07) is 5.93. The predicted octanol–water partition coefficient (Wildman–Crippen LogP) is 4.75. The van der Waals surface area contributed by atoms with E-state index in [1.807, 2.05) is 25.1 Å². The molecule has 2 heteroatoms. The smallest absolute Gasteiger partial charge is 0.0832 e. The van der Waals surface area contributed by atoms with Gasteiger partial charge in [0.25, 0.3) is 0 Å². The van der Waals surface area contributed by atoms with Crippen LogP contribution >= 0.6 is 11.6 Å². The van der Waals surface area contributed by atoms with Gasteiger partial charge in [-0.1, -0.05) is 50.1 Å².